The van der Waals surface area contributed by atoms with Crippen molar-refractivity contribution in [1.82, 2.24) is 0 Å². The summed E-state index contributed by atoms with van der Waals surface area (Å²) in [7, 11) is 0. The normalized spacial score (nSPS) is 20.0. The Morgan fingerprint density at radius 2 is 1.40 bits per heavy atom. The van der Waals surface area contributed by atoms with E-state index in [1.54, 1.807) is 0 Å². The number of aliphatic hydroxyl groups is 1. The van der Waals surface area contributed by atoms with Gasteiger partial charge in [0.25, 0.3) is 0 Å². The molecule has 5 heteroatoms. The quantitative estimate of drug-likeness (QED) is 0.867. The lowest BCUT2D eigenvalue weighted by molar-refractivity contribution is -0.274. The first kappa shape index (κ1) is 15.2. The molecule has 0 aromatic heterocycles. The molecule has 1 fully saturated rings. The van der Waals surface area contributed by atoms with Crippen LogP contribution in [-0.4, -0.2) is 11.5 Å². The molecule has 2 rings (SSSR count). The summed E-state index contributed by atoms with van der Waals surface area (Å²) in [5.74, 6) is -0.254. The van der Waals surface area contributed by atoms with Crippen LogP contribution < -0.4 is 4.74 Å². The second-order valence-electron chi connectivity index (χ2n) is 5.37. The molecular formula is C15H19F3O2. The monoisotopic (exact) mass is 288 g/mol. The summed E-state index contributed by atoms with van der Waals surface area (Å²) in [5.41, 5.74) is -0.245. The molecular weight excluding hydrogens is 269 g/mol. The van der Waals surface area contributed by atoms with Crippen LogP contribution in [0.2, 0.25) is 0 Å². The minimum atomic E-state index is -4.68. The summed E-state index contributed by atoms with van der Waals surface area (Å²) in [6.07, 6.45) is 1.90. The second-order valence-corrected chi connectivity index (χ2v) is 5.37. The molecule has 2 nitrogen and oxygen atoms in total. The van der Waals surface area contributed by atoms with Gasteiger partial charge in [0.05, 0.1) is 5.60 Å². The summed E-state index contributed by atoms with van der Waals surface area (Å²) in [5, 5.41) is 10.7. The van der Waals surface area contributed by atoms with Gasteiger partial charge in [-0.15, -0.1) is 13.2 Å². The molecule has 0 radical (unpaired) electrons. The highest BCUT2D eigenvalue weighted by molar-refractivity contribution is 5.31. The van der Waals surface area contributed by atoms with Gasteiger partial charge in [-0.1, -0.05) is 44.2 Å². The Bertz CT molecular complexity index is 418. The Morgan fingerprint density at radius 1 is 0.900 bits per heavy atom. The number of alkyl halides is 3. The smallest absolute Gasteiger partial charge is 0.406 e. The van der Waals surface area contributed by atoms with E-state index in [1.165, 1.54) is 30.7 Å². The van der Waals surface area contributed by atoms with Gasteiger partial charge in [0.15, 0.2) is 0 Å². The molecule has 1 aromatic carbocycles. The van der Waals surface area contributed by atoms with Gasteiger partial charge in [-0.25, -0.2) is 0 Å². The molecule has 0 unspecified atom stereocenters. The molecule has 20 heavy (non-hydrogen) atoms. The standard InChI is InChI=1S/C15H19F3O2/c16-15(17,18)20-13-8-6-12(7-9-13)14(19)10-4-2-1-3-5-11-14/h6-9,19H,1-5,10-11H2. The van der Waals surface area contributed by atoms with E-state index in [1.807, 2.05) is 0 Å². The van der Waals surface area contributed by atoms with E-state index in [0.29, 0.717) is 18.4 Å². The lowest BCUT2D eigenvalue weighted by Crippen LogP contribution is -2.26. The van der Waals surface area contributed by atoms with Crippen LogP contribution >= 0.6 is 0 Å². The summed E-state index contributed by atoms with van der Waals surface area (Å²) in [4.78, 5) is 0. The second kappa shape index (κ2) is 6.04. The van der Waals surface area contributed by atoms with Crippen molar-refractivity contribution < 1.29 is 23.0 Å². The first-order valence-electron chi connectivity index (χ1n) is 6.98. The van der Waals surface area contributed by atoms with Crippen molar-refractivity contribution in [3.05, 3.63) is 29.8 Å². The highest BCUT2D eigenvalue weighted by Crippen LogP contribution is 2.36. The van der Waals surface area contributed by atoms with E-state index < -0.39 is 12.0 Å². The number of halogens is 3. The first-order chi connectivity index (χ1) is 9.39. The molecule has 1 aromatic rings. The van der Waals surface area contributed by atoms with Gasteiger partial charge >= 0.3 is 6.36 Å². The number of benzene rings is 1. The molecule has 0 atom stereocenters. The van der Waals surface area contributed by atoms with Crippen LogP contribution in [0.5, 0.6) is 5.75 Å². The highest BCUT2D eigenvalue weighted by Gasteiger charge is 2.32. The Kier molecular flexibility index (Phi) is 4.58. The number of hydrogen-bond acceptors (Lipinski definition) is 2. The fourth-order valence-corrected chi connectivity index (χ4v) is 2.75. The van der Waals surface area contributed by atoms with E-state index in [4.69, 9.17) is 0 Å². The molecule has 0 spiro atoms. The van der Waals surface area contributed by atoms with Gasteiger partial charge in [0.1, 0.15) is 5.75 Å². The lowest BCUT2D eigenvalue weighted by atomic mass is 9.82. The lowest BCUT2D eigenvalue weighted by Gasteiger charge is -2.30. The van der Waals surface area contributed by atoms with Crippen molar-refractivity contribution >= 4 is 0 Å². The maximum absolute atomic E-state index is 12.1. The Morgan fingerprint density at radius 3 is 1.90 bits per heavy atom. The zero-order chi connectivity index (χ0) is 14.6. The number of ether oxygens (including phenoxy) is 1. The fraction of sp³-hybridized carbons (Fsp3) is 0.600. The number of rotatable bonds is 2. The largest absolute Gasteiger partial charge is 0.573 e. The summed E-state index contributed by atoms with van der Waals surface area (Å²) in [6.45, 7) is 0. The maximum atomic E-state index is 12.1. The molecule has 1 N–H and O–H groups in total. The van der Waals surface area contributed by atoms with E-state index in [-0.39, 0.29) is 5.75 Å². The molecule has 0 saturated heterocycles. The van der Waals surface area contributed by atoms with Gasteiger partial charge in [-0.3, -0.25) is 0 Å². The van der Waals surface area contributed by atoms with Crippen LogP contribution in [0.25, 0.3) is 0 Å². The zero-order valence-electron chi connectivity index (χ0n) is 11.2. The van der Waals surface area contributed by atoms with Crippen molar-refractivity contribution in [2.75, 3.05) is 0 Å². The minimum absolute atomic E-state index is 0.254. The summed E-state index contributed by atoms with van der Waals surface area (Å²) >= 11 is 0. The third-order valence-corrected chi connectivity index (χ3v) is 3.81. The third kappa shape index (κ3) is 4.13. The molecule has 0 aliphatic heterocycles. The van der Waals surface area contributed by atoms with Crippen LogP contribution in [0, 0.1) is 0 Å². The van der Waals surface area contributed by atoms with Gasteiger partial charge in [-0.05, 0) is 30.5 Å². The van der Waals surface area contributed by atoms with Crippen LogP contribution in [0.1, 0.15) is 50.5 Å². The summed E-state index contributed by atoms with van der Waals surface area (Å²) in [6, 6.07) is 5.59. The molecule has 0 heterocycles. The predicted octanol–water partition coefficient (Wildman–Crippen LogP) is 4.52. The molecule has 0 bridgehead atoms. The van der Waals surface area contributed by atoms with E-state index >= 15 is 0 Å². The fourth-order valence-electron chi connectivity index (χ4n) is 2.75. The molecule has 1 aliphatic carbocycles. The van der Waals surface area contributed by atoms with Crippen LogP contribution in [0.4, 0.5) is 13.2 Å². The molecule has 1 saturated carbocycles. The van der Waals surface area contributed by atoms with Gasteiger partial charge in [0, 0.05) is 0 Å². The van der Waals surface area contributed by atoms with Crippen LogP contribution in [0.3, 0.4) is 0 Å². The van der Waals surface area contributed by atoms with E-state index in [9.17, 15) is 18.3 Å². The van der Waals surface area contributed by atoms with Gasteiger partial charge < -0.3 is 9.84 Å². The summed E-state index contributed by atoms with van der Waals surface area (Å²) < 4.78 is 40.1. The molecule has 1 aliphatic rings. The average molecular weight is 288 g/mol. The highest BCUT2D eigenvalue weighted by atomic mass is 19.4. The number of hydrogen-bond donors (Lipinski definition) is 1. The zero-order valence-corrected chi connectivity index (χ0v) is 11.2. The van der Waals surface area contributed by atoms with Crippen molar-refractivity contribution in [2.45, 2.75) is 56.9 Å². The minimum Gasteiger partial charge on any atom is -0.406 e. The topological polar surface area (TPSA) is 29.5 Å². The maximum Gasteiger partial charge on any atom is 0.573 e. The predicted molar refractivity (Wildman–Crippen MR) is 69.3 cm³/mol. The Labute approximate surface area is 116 Å². The average Bonchev–Trinajstić information content (AvgIpc) is 2.33. The Balaban J connectivity index is 2.11. The van der Waals surface area contributed by atoms with E-state index in [0.717, 1.165) is 25.7 Å². The van der Waals surface area contributed by atoms with Gasteiger partial charge in [-0.2, -0.15) is 0 Å². The van der Waals surface area contributed by atoms with Gasteiger partial charge in [0.2, 0.25) is 0 Å². The van der Waals surface area contributed by atoms with E-state index in [2.05, 4.69) is 4.74 Å². The van der Waals surface area contributed by atoms with Crippen molar-refractivity contribution in [3.63, 3.8) is 0 Å². The molecule has 112 valence electrons. The van der Waals surface area contributed by atoms with Crippen molar-refractivity contribution in [3.8, 4) is 5.75 Å². The third-order valence-electron chi connectivity index (χ3n) is 3.81. The van der Waals surface area contributed by atoms with Crippen LogP contribution in [0.15, 0.2) is 24.3 Å². The molecule has 0 amide bonds. The first-order valence-corrected chi connectivity index (χ1v) is 6.98. The van der Waals surface area contributed by atoms with Crippen LogP contribution in [-0.2, 0) is 5.60 Å². The van der Waals surface area contributed by atoms with Crippen molar-refractivity contribution in [1.29, 1.82) is 0 Å². The SMILES string of the molecule is OC1(c2ccc(OC(F)(F)F)cc2)CCCCCCC1. The van der Waals surface area contributed by atoms with Crippen molar-refractivity contribution in [2.24, 2.45) is 0 Å². The Hall–Kier alpha value is -1.23.